The summed E-state index contributed by atoms with van der Waals surface area (Å²) in [5.41, 5.74) is 1.14. The van der Waals surface area contributed by atoms with E-state index in [0.29, 0.717) is 31.3 Å². The molecule has 0 aromatic rings. The maximum atomic E-state index is 12.7. The Morgan fingerprint density at radius 1 is 1.09 bits per heavy atom. The van der Waals surface area contributed by atoms with Crippen molar-refractivity contribution in [1.29, 1.82) is 0 Å². The van der Waals surface area contributed by atoms with Crippen molar-refractivity contribution >= 4 is 11.8 Å². The highest BCUT2D eigenvalue weighted by atomic mass is 32.2. The molecule has 6 heteroatoms. The Kier molecular flexibility index (Phi) is 7.04. The molecular weight excluding hydrogens is 325 g/mol. The Labute approximate surface area is 140 Å². The topological polar surface area (TPSA) is 18.5 Å². The monoisotopic (exact) mass is 350 g/mol. The Hall–Kier alpha value is -0.460. The van der Waals surface area contributed by atoms with Crippen LogP contribution in [0.3, 0.4) is 0 Å². The molecule has 0 unspecified atom stereocenters. The number of hydrogen-bond acceptors (Lipinski definition) is 3. The molecule has 1 saturated heterocycles. The molecule has 0 atom stereocenters. The van der Waals surface area contributed by atoms with Gasteiger partial charge in [0.15, 0.2) is 6.29 Å². The van der Waals surface area contributed by atoms with Crippen LogP contribution in [0.1, 0.15) is 32.6 Å². The molecule has 2 nitrogen and oxygen atoms in total. The van der Waals surface area contributed by atoms with Crippen LogP contribution >= 0.6 is 11.8 Å². The van der Waals surface area contributed by atoms with E-state index in [-0.39, 0.29) is 25.0 Å². The molecule has 1 aliphatic carbocycles. The summed E-state index contributed by atoms with van der Waals surface area (Å²) in [5.74, 6) is -0.858. The third kappa shape index (κ3) is 5.84. The summed E-state index contributed by atoms with van der Waals surface area (Å²) in [6, 6.07) is 0. The number of rotatable bonds is 4. The zero-order valence-corrected chi connectivity index (χ0v) is 14.5. The first-order chi connectivity index (χ1) is 10.9. The van der Waals surface area contributed by atoms with E-state index in [0.717, 1.165) is 5.57 Å². The van der Waals surface area contributed by atoms with Crippen molar-refractivity contribution in [2.45, 2.75) is 50.3 Å². The second-order valence-corrected chi connectivity index (χ2v) is 7.42. The molecule has 2 aliphatic rings. The van der Waals surface area contributed by atoms with Gasteiger partial charge >= 0.3 is 6.18 Å². The van der Waals surface area contributed by atoms with E-state index < -0.39 is 12.1 Å². The smallest absolute Gasteiger partial charge is 0.348 e. The summed E-state index contributed by atoms with van der Waals surface area (Å²) in [7, 11) is 0. The van der Waals surface area contributed by atoms with Crippen molar-refractivity contribution in [3.8, 4) is 0 Å². The summed E-state index contributed by atoms with van der Waals surface area (Å²) in [5, 5.41) is 0.390. The second-order valence-electron chi connectivity index (χ2n) is 6.28. The summed E-state index contributed by atoms with van der Waals surface area (Å²) >= 11 is 1.73. The van der Waals surface area contributed by atoms with Crippen LogP contribution in [0.4, 0.5) is 13.2 Å². The number of ether oxygens (including phenoxy) is 2. The van der Waals surface area contributed by atoms with Crippen molar-refractivity contribution in [2.75, 3.05) is 19.5 Å². The number of halogens is 3. The Balaban J connectivity index is 1.76. The van der Waals surface area contributed by atoms with Crippen LogP contribution in [0.5, 0.6) is 0 Å². The average molecular weight is 350 g/mol. The Morgan fingerprint density at radius 3 is 2.22 bits per heavy atom. The predicted molar refractivity (Wildman–Crippen MR) is 87.4 cm³/mol. The van der Waals surface area contributed by atoms with E-state index in [1.54, 1.807) is 11.8 Å². The van der Waals surface area contributed by atoms with Gasteiger partial charge in [0.1, 0.15) is 0 Å². The second kappa shape index (κ2) is 8.58. The van der Waals surface area contributed by atoms with Gasteiger partial charge < -0.3 is 9.47 Å². The largest absolute Gasteiger partial charge is 0.391 e. The number of thioether (sulfide) groups is 1. The van der Waals surface area contributed by atoms with Crippen LogP contribution in [0, 0.1) is 11.8 Å². The van der Waals surface area contributed by atoms with E-state index in [4.69, 9.17) is 9.47 Å². The molecule has 132 valence electrons. The SMILES string of the molecule is CSC1COC(/C=C/C=C(\C)C2CCC(C(F)(F)F)CC2)OC1. The zero-order valence-electron chi connectivity index (χ0n) is 13.6. The van der Waals surface area contributed by atoms with Gasteiger partial charge in [0, 0.05) is 0 Å². The summed E-state index contributed by atoms with van der Waals surface area (Å²) in [6.45, 7) is 3.36. The minimum Gasteiger partial charge on any atom is -0.348 e. The minimum atomic E-state index is -4.03. The van der Waals surface area contributed by atoms with Crippen LogP contribution in [0.25, 0.3) is 0 Å². The van der Waals surface area contributed by atoms with E-state index in [2.05, 4.69) is 0 Å². The first-order valence-electron chi connectivity index (χ1n) is 8.08. The quantitative estimate of drug-likeness (QED) is 0.668. The third-order valence-electron chi connectivity index (χ3n) is 4.69. The zero-order chi connectivity index (χ0) is 16.9. The molecule has 0 radical (unpaired) electrons. The molecule has 2 rings (SSSR count). The number of alkyl halides is 3. The van der Waals surface area contributed by atoms with Crippen LogP contribution in [-0.2, 0) is 9.47 Å². The highest BCUT2D eigenvalue weighted by molar-refractivity contribution is 7.99. The molecule has 2 fully saturated rings. The van der Waals surface area contributed by atoms with Crippen LogP contribution in [-0.4, -0.2) is 37.2 Å². The van der Waals surface area contributed by atoms with Gasteiger partial charge in [0.25, 0.3) is 0 Å². The standard InChI is InChI=1S/C17H25F3O2S/c1-12(13-6-8-14(9-7-13)17(18,19)20)4-3-5-16-21-10-15(23-2)11-22-16/h3-5,13-16H,6-11H2,1-2H3/b5-3+,12-4+. The van der Waals surface area contributed by atoms with Crippen molar-refractivity contribution < 1.29 is 22.6 Å². The van der Waals surface area contributed by atoms with Gasteiger partial charge in [0.05, 0.1) is 24.4 Å². The molecule has 0 N–H and O–H groups in total. The first-order valence-corrected chi connectivity index (χ1v) is 9.36. The molecule has 1 aliphatic heterocycles. The summed E-state index contributed by atoms with van der Waals surface area (Å²) in [4.78, 5) is 0. The summed E-state index contributed by atoms with van der Waals surface area (Å²) < 4.78 is 49.2. The van der Waals surface area contributed by atoms with E-state index in [1.807, 2.05) is 31.4 Å². The molecule has 1 saturated carbocycles. The van der Waals surface area contributed by atoms with Gasteiger partial charge in [-0.2, -0.15) is 24.9 Å². The lowest BCUT2D eigenvalue weighted by molar-refractivity contribution is -0.183. The van der Waals surface area contributed by atoms with Crippen molar-refractivity contribution in [1.82, 2.24) is 0 Å². The Bertz CT molecular complexity index is 418. The summed E-state index contributed by atoms with van der Waals surface area (Å²) in [6.07, 6.45) is 5.14. The van der Waals surface area contributed by atoms with Gasteiger partial charge in [-0.3, -0.25) is 0 Å². The molecular formula is C17H25F3O2S. The van der Waals surface area contributed by atoms with Gasteiger partial charge in [0.2, 0.25) is 0 Å². The fraction of sp³-hybridized carbons (Fsp3) is 0.765. The van der Waals surface area contributed by atoms with Crippen molar-refractivity contribution in [3.63, 3.8) is 0 Å². The fourth-order valence-electron chi connectivity index (χ4n) is 3.06. The lowest BCUT2D eigenvalue weighted by atomic mass is 9.78. The molecule has 0 amide bonds. The van der Waals surface area contributed by atoms with Crippen LogP contribution in [0.15, 0.2) is 23.8 Å². The maximum Gasteiger partial charge on any atom is 0.391 e. The fourth-order valence-corrected chi connectivity index (χ4v) is 3.49. The van der Waals surface area contributed by atoms with Crippen LogP contribution in [0.2, 0.25) is 0 Å². The van der Waals surface area contributed by atoms with E-state index in [1.165, 1.54) is 0 Å². The minimum absolute atomic E-state index is 0.244. The third-order valence-corrected chi connectivity index (χ3v) is 5.63. The van der Waals surface area contributed by atoms with Crippen LogP contribution < -0.4 is 0 Å². The van der Waals surface area contributed by atoms with Crippen molar-refractivity contribution in [2.24, 2.45) is 11.8 Å². The van der Waals surface area contributed by atoms with Gasteiger partial charge in [-0.05, 0) is 50.9 Å². The average Bonchev–Trinajstić information content (AvgIpc) is 2.54. The maximum absolute atomic E-state index is 12.7. The van der Waals surface area contributed by atoms with Gasteiger partial charge in [-0.25, -0.2) is 0 Å². The lowest BCUT2D eigenvalue weighted by Crippen LogP contribution is -2.32. The molecule has 0 bridgehead atoms. The Morgan fingerprint density at radius 2 is 1.70 bits per heavy atom. The van der Waals surface area contributed by atoms with E-state index >= 15 is 0 Å². The molecule has 0 aromatic heterocycles. The molecule has 1 heterocycles. The first kappa shape index (κ1) is 18.9. The predicted octanol–water partition coefficient (Wildman–Crippen LogP) is 4.96. The molecule has 23 heavy (non-hydrogen) atoms. The highest BCUT2D eigenvalue weighted by Gasteiger charge is 2.41. The van der Waals surface area contributed by atoms with Gasteiger partial charge in [-0.1, -0.05) is 17.7 Å². The molecule has 0 aromatic carbocycles. The van der Waals surface area contributed by atoms with E-state index in [9.17, 15) is 13.2 Å². The highest BCUT2D eigenvalue weighted by Crippen LogP contribution is 2.41. The van der Waals surface area contributed by atoms with Crippen molar-refractivity contribution in [3.05, 3.63) is 23.8 Å². The lowest BCUT2D eigenvalue weighted by Gasteiger charge is -2.30. The number of allylic oxidation sites excluding steroid dienone is 3. The van der Waals surface area contributed by atoms with Gasteiger partial charge in [-0.15, -0.1) is 0 Å². The number of hydrogen-bond donors (Lipinski definition) is 0. The molecule has 0 spiro atoms. The normalized spacial score (nSPS) is 34.0.